The molecule has 160 valence electrons. The summed E-state index contributed by atoms with van der Waals surface area (Å²) in [5.74, 6) is -0.590. The van der Waals surface area contributed by atoms with Gasteiger partial charge in [0, 0.05) is 18.8 Å². The molecule has 8 nitrogen and oxygen atoms in total. The molecule has 30 heavy (non-hydrogen) atoms. The van der Waals surface area contributed by atoms with Gasteiger partial charge in [-0.1, -0.05) is 16.6 Å². The molecule has 1 amide bonds. The van der Waals surface area contributed by atoms with Crippen LogP contribution in [-0.2, 0) is 25.7 Å². The highest BCUT2D eigenvalue weighted by Crippen LogP contribution is 2.29. The van der Waals surface area contributed by atoms with Gasteiger partial charge in [0.1, 0.15) is 11.2 Å². The Balaban J connectivity index is 1.49. The summed E-state index contributed by atoms with van der Waals surface area (Å²) >= 11 is 1.000. The van der Waals surface area contributed by atoms with Crippen molar-refractivity contribution in [3.8, 4) is 0 Å². The summed E-state index contributed by atoms with van der Waals surface area (Å²) in [6.07, 6.45) is -2.53. The molecule has 0 radical (unpaired) electrons. The molecule has 0 aliphatic rings. The van der Waals surface area contributed by atoms with E-state index in [1.165, 1.54) is 4.68 Å². The number of rotatable bonds is 8. The van der Waals surface area contributed by atoms with Crippen LogP contribution in [0.5, 0.6) is 0 Å². The van der Waals surface area contributed by atoms with Crippen LogP contribution >= 0.6 is 11.3 Å². The first-order chi connectivity index (χ1) is 14.2. The maximum absolute atomic E-state index is 14.1. The van der Waals surface area contributed by atoms with Crippen molar-refractivity contribution in [3.63, 3.8) is 0 Å². The van der Waals surface area contributed by atoms with Gasteiger partial charge in [-0.25, -0.2) is 9.07 Å². The Morgan fingerprint density at radius 1 is 1.30 bits per heavy atom. The van der Waals surface area contributed by atoms with Crippen LogP contribution in [0.15, 0.2) is 24.5 Å². The van der Waals surface area contributed by atoms with E-state index in [0.717, 1.165) is 29.7 Å². The molecule has 3 aromatic heterocycles. The number of hydrogen-bond acceptors (Lipinski definition) is 7. The SMILES string of the molecule is Cc1cn(CC(F)CCc2nnc(C(=O)NCc3cc(C(F)(F)F)ccn3)s2)nn1. The number of amides is 1. The van der Waals surface area contributed by atoms with Gasteiger partial charge in [0.25, 0.3) is 5.91 Å². The van der Waals surface area contributed by atoms with Crippen molar-refractivity contribution in [1.29, 1.82) is 0 Å². The Kier molecular flexibility index (Phi) is 6.70. The van der Waals surface area contributed by atoms with E-state index in [-0.39, 0.29) is 36.6 Å². The number of carbonyl (C=O) groups is 1. The maximum Gasteiger partial charge on any atom is 0.416 e. The Labute approximate surface area is 172 Å². The number of aryl methyl sites for hydroxylation is 2. The van der Waals surface area contributed by atoms with Crippen molar-refractivity contribution >= 4 is 17.2 Å². The van der Waals surface area contributed by atoms with Gasteiger partial charge in [-0.2, -0.15) is 13.2 Å². The molecule has 0 saturated carbocycles. The summed E-state index contributed by atoms with van der Waals surface area (Å²) in [5, 5.41) is 18.2. The van der Waals surface area contributed by atoms with E-state index in [2.05, 4.69) is 30.8 Å². The highest BCUT2D eigenvalue weighted by atomic mass is 32.1. The summed E-state index contributed by atoms with van der Waals surface area (Å²) in [4.78, 5) is 16.0. The molecule has 0 aliphatic heterocycles. The fraction of sp³-hybridized carbons (Fsp3) is 0.412. The van der Waals surface area contributed by atoms with Crippen molar-refractivity contribution in [2.75, 3.05) is 0 Å². The standard InChI is InChI=1S/C17H17F4N7OS/c1-10-8-28(27-24-10)9-12(18)2-3-14-25-26-16(30-14)15(29)23-7-13-6-11(4-5-22-13)17(19,20)21/h4-6,8,12H,2-3,7,9H2,1H3,(H,23,29). The summed E-state index contributed by atoms with van der Waals surface area (Å²) in [5.41, 5.74) is -0.0874. The van der Waals surface area contributed by atoms with Gasteiger partial charge in [0.05, 0.1) is 30.0 Å². The second-order valence-electron chi connectivity index (χ2n) is 6.44. The van der Waals surface area contributed by atoms with E-state index in [9.17, 15) is 22.4 Å². The van der Waals surface area contributed by atoms with Crippen LogP contribution in [0.1, 0.15) is 38.2 Å². The van der Waals surface area contributed by atoms with E-state index in [0.29, 0.717) is 10.7 Å². The number of carbonyl (C=O) groups excluding carboxylic acids is 1. The lowest BCUT2D eigenvalue weighted by atomic mass is 10.2. The number of aromatic nitrogens is 6. The van der Waals surface area contributed by atoms with Crippen LogP contribution in [0.2, 0.25) is 0 Å². The lowest BCUT2D eigenvalue weighted by molar-refractivity contribution is -0.137. The van der Waals surface area contributed by atoms with E-state index < -0.39 is 23.8 Å². The maximum atomic E-state index is 14.1. The third-order valence-electron chi connectivity index (χ3n) is 3.94. The molecule has 3 rings (SSSR count). The molecular formula is C17H17F4N7OS. The van der Waals surface area contributed by atoms with Crippen LogP contribution in [0, 0.1) is 6.92 Å². The number of nitrogens with one attached hydrogen (secondary N) is 1. The van der Waals surface area contributed by atoms with Gasteiger partial charge in [0.15, 0.2) is 0 Å². The Morgan fingerprint density at radius 2 is 2.10 bits per heavy atom. The average Bonchev–Trinajstić information content (AvgIpc) is 3.33. The number of halogens is 4. The van der Waals surface area contributed by atoms with Crippen LogP contribution in [0.3, 0.4) is 0 Å². The third kappa shape index (κ3) is 6.02. The van der Waals surface area contributed by atoms with Crippen LogP contribution in [-0.4, -0.2) is 42.3 Å². The average molecular weight is 443 g/mol. The molecule has 0 bridgehead atoms. The molecule has 0 aliphatic carbocycles. The molecular weight excluding hydrogens is 426 g/mol. The van der Waals surface area contributed by atoms with Crippen LogP contribution < -0.4 is 5.32 Å². The second kappa shape index (κ2) is 9.24. The van der Waals surface area contributed by atoms with Crippen LogP contribution in [0.25, 0.3) is 0 Å². The fourth-order valence-corrected chi connectivity index (χ4v) is 3.27. The largest absolute Gasteiger partial charge is 0.416 e. The van der Waals surface area contributed by atoms with E-state index >= 15 is 0 Å². The first-order valence-corrected chi connectivity index (χ1v) is 9.66. The first-order valence-electron chi connectivity index (χ1n) is 8.84. The third-order valence-corrected chi connectivity index (χ3v) is 4.93. The van der Waals surface area contributed by atoms with Crippen molar-refractivity contribution in [1.82, 2.24) is 35.5 Å². The summed E-state index contributed by atoms with van der Waals surface area (Å²) in [7, 11) is 0. The number of hydrogen-bond donors (Lipinski definition) is 1. The van der Waals surface area contributed by atoms with E-state index in [4.69, 9.17) is 0 Å². The lowest BCUT2D eigenvalue weighted by Crippen LogP contribution is -2.23. The van der Waals surface area contributed by atoms with E-state index in [1.54, 1.807) is 13.1 Å². The van der Waals surface area contributed by atoms with E-state index in [1.807, 2.05) is 0 Å². The second-order valence-corrected chi connectivity index (χ2v) is 7.50. The Hall–Kier alpha value is -2.96. The molecule has 0 spiro atoms. The van der Waals surface area contributed by atoms with Crippen molar-refractivity contribution in [2.24, 2.45) is 0 Å². The highest BCUT2D eigenvalue weighted by molar-refractivity contribution is 7.13. The molecule has 13 heteroatoms. The molecule has 3 aromatic rings. The number of nitrogens with zero attached hydrogens (tertiary/aromatic N) is 6. The number of pyridine rings is 1. The zero-order chi connectivity index (χ0) is 21.7. The quantitative estimate of drug-likeness (QED) is 0.538. The minimum atomic E-state index is -4.49. The molecule has 3 heterocycles. The predicted molar refractivity (Wildman–Crippen MR) is 98.3 cm³/mol. The fourth-order valence-electron chi connectivity index (χ4n) is 2.50. The molecule has 1 atom stereocenters. The van der Waals surface area contributed by atoms with Crippen LogP contribution in [0.4, 0.5) is 17.6 Å². The predicted octanol–water partition coefficient (Wildman–Crippen LogP) is 2.75. The normalized spacial score (nSPS) is 12.7. The molecule has 1 N–H and O–H groups in total. The lowest BCUT2D eigenvalue weighted by Gasteiger charge is -2.08. The minimum Gasteiger partial charge on any atom is -0.344 e. The monoisotopic (exact) mass is 443 g/mol. The van der Waals surface area contributed by atoms with Gasteiger partial charge >= 0.3 is 6.18 Å². The zero-order valence-corrected chi connectivity index (χ0v) is 16.5. The molecule has 0 fully saturated rings. The highest BCUT2D eigenvalue weighted by Gasteiger charge is 2.30. The molecule has 1 unspecified atom stereocenters. The van der Waals surface area contributed by atoms with Gasteiger partial charge < -0.3 is 5.32 Å². The van der Waals surface area contributed by atoms with Crippen molar-refractivity contribution in [2.45, 2.75) is 45.2 Å². The van der Waals surface area contributed by atoms with Crippen molar-refractivity contribution in [3.05, 3.63) is 51.5 Å². The zero-order valence-electron chi connectivity index (χ0n) is 15.7. The summed E-state index contributed by atoms with van der Waals surface area (Å²) in [6.45, 7) is 1.63. The number of alkyl halides is 4. The van der Waals surface area contributed by atoms with Gasteiger partial charge in [-0.3, -0.25) is 9.78 Å². The Morgan fingerprint density at radius 3 is 2.80 bits per heavy atom. The molecule has 0 aromatic carbocycles. The molecule has 0 saturated heterocycles. The summed E-state index contributed by atoms with van der Waals surface area (Å²) in [6, 6.07) is 1.72. The van der Waals surface area contributed by atoms with Gasteiger partial charge in [-0.15, -0.1) is 15.3 Å². The minimum absolute atomic E-state index is 0.0410. The first kappa shape index (κ1) is 21.7. The van der Waals surface area contributed by atoms with Gasteiger partial charge in [0.2, 0.25) is 5.01 Å². The summed E-state index contributed by atoms with van der Waals surface area (Å²) < 4.78 is 53.7. The Bertz CT molecular complexity index is 1000. The topological polar surface area (TPSA) is 98.5 Å². The smallest absolute Gasteiger partial charge is 0.344 e. The van der Waals surface area contributed by atoms with Crippen molar-refractivity contribution < 1.29 is 22.4 Å². The van der Waals surface area contributed by atoms with Gasteiger partial charge in [-0.05, 0) is 25.5 Å².